The Morgan fingerprint density at radius 3 is 2.60 bits per heavy atom. The van der Waals surface area contributed by atoms with E-state index in [-0.39, 0.29) is 0 Å². The highest BCUT2D eigenvalue weighted by Gasteiger charge is 2.02. The highest BCUT2D eigenvalue weighted by molar-refractivity contribution is 5.54. The van der Waals surface area contributed by atoms with Crippen molar-refractivity contribution in [3.63, 3.8) is 0 Å². The van der Waals surface area contributed by atoms with Gasteiger partial charge in [-0.05, 0) is 12.5 Å². The van der Waals surface area contributed by atoms with Crippen LogP contribution < -0.4 is 5.32 Å². The van der Waals surface area contributed by atoms with E-state index in [2.05, 4.69) is 23.5 Å². The van der Waals surface area contributed by atoms with Gasteiger partial charge in [0.15, 0.2) is 0 Å². The molecular formula is C12H19N3. The molecule has 15 heavy (non-hydrogen) atoms. The molecule has 0 unspecified atom stereocenters. The number of nitrogens with zero attached hydrogens (tertiary/aromatic N) is 2. The maximum absolute atomic E-state index is 4.08. The van der Waals surface area contributed by atoms with E-state index < -0.39 is 0 Å². The van der Waals surface area contributed by atoms with Gasteiger partial charge in [0.1, 0.15) is 0 Å². The Bertz CT molecular complexity index is 298. The van der Waals surface area contributed by atoms with Gasteiger partial charge in [0, 0.05) is 32.7 Å². The summed E-state index contributed by atoms with van der Waals surface area (Å²) in [4.78, 5) is 6.00. The molecule has 0 amide bonds. The average Bonchev–Trinajstić information content (AvgIpc) is 2.26. The number of rotatable bonds is 6. The second-order valence-electron chi connectivity index (χ2n) is 2.87. The Balaban J connectivity index is 4.85. The summed E-state index contributed by atoms with van der Waals surface area (Å²) in [5.74, 6) is 0. The molecule has 0 saturated carbocycles. The van der Waals surface area contributed by atoms with Gasteiger partial charge in [-0.3, -0.25) is 4.99 Å². The van der Waals surface area contributed by atoms with Crippen LogP contribution in [0.15, 0.2) is 54.1 Å². The fourth-order valence-electron chi connectivity index (χ4n) is 0.917. The average molecular weight is 205 g/mol. The van der Waals surface area contributed by atoms with E-state index in [1.54, 1.807) is 18.5 Å². The molecular weight excluding hydrogens is 186 g/mol. The van der Waals surface area contributed by atoms with Gasteiger partial charge in [-0.25, -0.2) is 0 Å². The van der Waals surface area contributed by atoms with E-state index in [1.807, 2.05) is 38.3 Å². The van der Waals surface area contributed by atoms with Crippen molar-refractivity contribution in [3.8, 4) is 0 Å². The van der Waals surface area contributed by atoms with Gasteiger partial charge in [0.05, 0.1) is 11.9 Å². The van der Waals surface area contributed by atoms with Crippen LogP contribution in [0.2, 0.25) is 0 Å². The standard InChI is InChI=1S/C12H19N3/c1-6-11(3)12(10-14-7-2)15(5)9-8-13-4/h6-10,13H,1,3H2,2,4-5H3/b9-8+,12-10+,14-7?. The first-order valence-electron chi connectivity index (χ1n) is 4.73. The maximum atomic E-state index is 4.08. The molecule has 3 heteroatoms. The lowest BCUT2D eigenvalue weighted by atomic mass is 10.2. The largest absolute Gasteiger partial charge is 0.393 e. The highest BCUT2D eigenvalue weighted by Crippen LogP contribution is 2.13. The summed E-state index contributed by atoms with van der Waals surface area (Å²) < 4.78 is 0. The second kappa shape index (κ2) is 7.62. The molecule has 0 saturated heterocycles. The van der Waals surface area contributed by atoms with E-state index in [0.717, 1.165) is 11.3 Å². The molecule has 0 aromatic carbocycles. The van der Waals surface area contributed by atoms with Gasteiger partial charge in [-0.1, -0.05) is 19.2 Å². The van der Waals surface area contributed by atoms with Gasteiger partial charge >= 0.3 is 0 Å². The van der Waals surface area contributed by atoms with Crippen molar-refractivity contribution in [2.75, 3.05) is 14.1 Å². The number of aliphatic imine (C=N–C) groups is 1. The molecule has 0 rings (SSSR count). The SMILES string of the molecule is C=CC(=C)/C(=C\N=CC)N(C)/C=C/NC. The van der Waals surface area contributed by atoms with Gasteiger partial charge in [-0.2, -0.15) is 0 Å². The normalized spacial score (nSPS) is 12.1. The van der Waals surface area contributed by atoms with Crippen LogP contribution in [0.4, 0.5) is 0 Å². The molecule has 0 atom stereocenters. The molecule has 0 fully saturated rings. The predicted octanol–water partition coefficient (Wildman–Crippen LogP) is 2.28. The molecule has 0 heterocycles. The zero-order valence-corrected chi connectivity index (χ0v) is 9.70. The molecule has 0 bridgehead atoms. The topological polar surface area (TPSA) is 27.6 Å². The zero-order chi connectivity index (χ0) is 11.7. The minimum atomic E-state index is 0.837. The van der Waals surface area contributed by atoms with Crippen LogP contribution in [0, 0.1) is 0 Å². The molecule has 3 nitrogen and oxygen atoms in total. The smallest absolute Gasteiger partial charge is 0.0657 e. The van der Waals surface area contributed by atoms with Crippen LogP contribution in [0.5, 0.6) is 0 Å². The van der Waals surface area contributed by atoms with Gasteiger partial charge < -0.3 is 10.2 Å². The zero-order valence-electron chi connectivity index (χ0n) is 9.70. The number of hydrogen-bond acceptors (Lipinski definition) is 3. The highest BCUT2D eigenvalue weighted by atomic mass is 15.1. The van der Waals surface area contributed by atoms with Crippen LogP contribution in [-0.2, 0) is 0 Å². The van der Waals surface area contributed by atoms with Crippen molar-refractivity contribution >= 4 is 6.21 Å². The Morgan fingerprint density at radius 1 is 1.47 bits per heavy atom. The Morgan fingerprint density at radius 2 is 2.13 bits per heavy atom. The first-order valence-corrected chi connectivity index (χ1v) is 4.73. The summed E-state index contributed by atoms with van der Waals surface area (Å²) in [5, 5.41) is 2.92. The summed E-state index contributed by atoms with van der Waals surface area (Å²) >= 11 is 0. The Kier molecular flexibility index (Phi) is 6.72. The summed E-state index contributed by atoms with van der Waals surface area (Å²) in [5.41, 5.74) is 1.75. The van der Waals surface area contributed by atoms with Crippen LogP contribution in [-0.4, -0.2) is 25.2 Å². The summed E-state index contributed by atoms with van der Waals surface area (Å²) in [7, 11) is 3.78. The van der Waals surface area contributed by atoms with Crippen LogP contribution in [0.3, 0.4) is 0 Å². The lowest BCUT2D eigenvalue weighted by Crippen LogP contribution is -2.12. The van der Waals surface area contributed by atoms with E-state index in [9.17, 15) is 0 Å². The molecule has 0 aliphatic carbocycles. The van der Waals surface area contributed by atoms with Gasteiger partial charge in [0.25, 0.3) is 0 Å². The van der Waals surface area contributed by atoms with Crippen molar-refractivity contribution in [1.82, 2.24) is 10.2 Å². The van der Waals surface area contributed by atoms with Crippen molar-refractivity contribution in [3.05, 3.63) is 49.1 Å². The van der Waals surface area contributed by atoms with E-state index in [0.29, 0.717) is 0 Å². The molecule has 0 radical (unpaired) electrons. The van der Waals surface area contributed by atoms with Crippen molar-refractivity contribution in [1.29, 1.82) is 0 Å². The number of allylic oxidation sites excluding steroid dienone is 1. The number of nitrogens with one attached hydrogen (secondary N) is 1. The Hall–Kier alpha value is -1.77. The van der Waals surface area contributed by atoms with Crippen LogP contribution in [0.25, 0.3) is 0 Å². The van der Waals surface area contributed by atoms with Gasteiger partial charge in [0.2, 0.25) is 0 Å². The van der Waals surface area contributed by atoms with Crippen molar-refractivity contribution in [2.24, 2.45) is 4.99 Å². The number of hydrogen-bond donors (Lipinski definition) is 1. The third-order valence-corrected chi connectivity index (χ3v) is 1.77. The molecule has 0 aromatic heterocycles. The molecule has 82 valence electrons. The van der Waals surface area contributed by atoms with Crippen molar-refractivity contribution < 1.29 is 0 Å². The third-order valence-electron chi connectivity index (χ3n) is 1.77. The molecule has 0 spiro atoms. The van der Waals surface area contributed by atoms with Crippen LogP contribution >= 0.6 is 0 Å². The molecule has 0 aromatic rings. The third kappa shape index (κ3) is 4.86. The quantitative estimate of drug-likeness (QED) is 0.532. The second-order valence-corrected chi connectivity index (χ2v) is 2.87. The first-order chi connectivity index (χ1) is 7.17. The summed E-state index contributed by atoms with van der Waals surface area (Å²) in [6.45, 7) is 9.46. The first kappa shape index (κ1) is 13.2. The maximum Gasteiger partial charge on any atom is 0.0657 e. The minimum absolute atomic E-state index is 0.837. The molecule has 1 N–H and O–H groups in total. The summed E-state index contributed by atoms with van der Waals surface area (Å²) in [6, 6.07) is 0. The minimum Gasteiger partial charge on any atom is -0.393 e. The predicted molar refractivity (Wildman–Crippen MR) is 67.5 cm³/mol. The molecule has 0 aliphatic heterocycles. The van der Waals surface area contributed by atoms with E-state index >= 15 is 0 Å². The molecule has 0 aliphatic rings. The van der Waals surface area contributed by atoms with Crippen LogP contribution in [0.1, 0.15) is 6.92 Å². The lowest BCUT2D eigenvalue weighted by Gasteiger charge is -2.17. The Labute approximate surface area is 92.2 Å². The van der Waals surface area contributed by atoms with Crippen molar-refractivity contribution in [2.45, 2.75) is 6.92 Å². The summed E-state index contributed by atoms with van der Waals surface area (Å²) in [6.07, 6.45) is 8.92. The van der Waals surface area contributed by atoms with E-state index in [4.69, 9.17) is 0 Å². The lowest BCUT2D eigenvalue weighted by molar-refractivity contribution is 0.576. The van der Waals surface area contributed by atoms with Gasteiger partial charge in [-0.15, -0.1) is 0 Å². The monoisotopic (exact) mass is 205 g/mol. The number of likely N-dealkylation sites (N-methyl/N-ethyl adjacent to an activating group) is 1. The fraction of sp³-hybridized carbons (Fsp3) is 0.250. The van der Waals surface area contributed by atoms with E-state index in [1.165, 1.54) is 0 Å². The fourth-order valence-corrected chi connectivity index (χ4v) is 0.917.